The van der Waals surface area contributed by atoms with Gasteiger partial charge >= 0.3 is 5.97 Å². The van der Waals surface area contributed by atoms with Crippen LogP contribution in [0.3, 0.4) is 0 Å². The van der Waals surface area contributed by atoms with Crippen LogP contribution in [0.15, 0.2) is 12.5 Å². The van der Waals surface area contributed by atoms with E-state index < -0.39 is 5.97 Å². The summed E-state index contributed by atoms with van der Waals surface area (Å²) in [6.45, 7) is 0.297. The van der Waals surface area contributed by atoms with E-state index in [0.717, 1.165) is 0 Å². The van der Waals surface area contributed by atoms with Gasteiger partial charge < -0.3 is 9.47 Å². The Kier molecular flexibility index (Phi) is 3.33. The molecule has 0 atom stereocenters. The minimum absolute atomic E-state index is 0.249. The second kappa shape index (κ2) is 4.51. The van der Waals surface area contributed by atoms with Gasteiger partial charge in [-0.15, -0.1) is 0 Å². The predicted molar refractivity (Wildman–Crippen MR) is 44.1 cm³/mol. The minimum atomic E-state index is -0.477. The van der Waals surface area contributed by atoms with Crippen molar-refractivity contribution in [1.82, 2.24) is 9.97 Å². The molecule has 0 aliphatic carbocycles. The smallest absolute Gasteiger partial charge is 0.357 e. The number of esters is 1. The summed E-state index contributed by atoms with van der Waals surface area (Å²) in [7, 11) is 2.84. The number of carbonyl (C=O) groups excluding carboxylic acids is 1. The van der Waals surface area contributed by atoms with Gasteiger partial charge in [-0.2, -0.15) is 0 Å². The van der Waals surface area contributed by atoms with Gasteiger partial charge in [0.2, 0.25) is 0 Å². The molecular formula is C8H10N2O3. The fraction of sp³-hybridized carbons (Fsp3) is 0.375. The number of hydrogen-bond acceptors (Lipinski definition) is 5. The van der Waals surface area contributed by atoms with E-state index in [1.54, 1.807) is 0 Å². The molecule has 0 fully saturated rings. The van der Waals surface area contributed by atoms with E-state index in [4.69, 9.17) is 4.74 Å². The zero-order chi connectivity index (χ0) is 9.68. The standard InChI is InChI=1S/C8H10N2O3/c1-12-4-6-3-9-5-10-7(6)8(11)13-2/h3,5H,4H2,1-2H3. The Labute approximate surface area is 75.7 Å². The van der Waals surface area contributed by atoms with Crippen molar-refractivity contribution in [2.45, 2.75) is 6.61 Å². The molecule has 1 rings (SSSR count). The van der Waals surface area contributed by atoms with Crippen LogP contribution in [-0.4, -0.2) is 30.2 Å². The molecule has 0 N–H and O–H groups in total. The number of carbonyl (C=O) groups is 1. The molecule has 0 aromatic carbocycles. The summed E-state index contributed by atoms with van der Waals surface area (Å²) in [6, 6.07) is 0. The normalized spacial score (nSPS) is 9.69. The number of ether oxygens (including phenoxy) is 2. The van der Waals surface area contributed by atoms with Crippen LogP contribution >= 0.6 is 0 Å². The van der Waals surface area contributed by atoms with Gasteiger partial charge in [-0.05, 0) is 0 Å². The Morgan fingerprint density at radius 3 is 2.92 bits per heavy atom. The second-order valence-corrected chi connectivity index (χ2v) is 2.32. The average Bonchev–Trinajstić information content (AvgIpc) is 2.18. The van der Waals surface area contributed by atoms with Crippen LogP contribution in [0.4, 0.5) is 0 Å². The third-order valence-corrected chi connectivity index (χ3v) is 1.47. The third kappa shape index (κ3) is 2.22. The van der Waals surface area contributed by atoms with Crippen molar-refractivity contribution >= 4 is 5.97 Å². The van der Waals surface area contributed by atoms with Crippen molar-refractivity contribution in [2.75, 3.05) is 14.2 Å². The lowest BCUT2D eigenvalue weighted by Crippen LogP contribution is -2.09. The summed E-state index contributed by atoms with van der Waals surface area (Å²) in [6.07, 6.45) is 2.83. The molecule has 0 bridgehead atoms. The van der Waals surface area contributed by atoms with Gasteiger partial charge in [0.15, 0.2) is 5.69 Å². The molecule has 0 unspecified atom stereocenters. The first kappa shape index (κ1) is 9.60. The van der Waals surface area contributed by atoms with E-state index in [-0.39, 0.29) is 5.69 Å². The predicted octanol–water partition coefficient (Wildman–Crippen LogP) is 0.410. The fourth-order valence-electron chi connectivity index (χ4n) is 0.900. The molecule has 13 heavy (non-hydrogen) atoms. The highest BCUT2D eigenvalue weighted by atomic mass is 16.5. The summed E-state index contributed by atoms with van der Waals surface area (Å²) in [5.41, 5.74) is 0.871. The van der Waals surface area contributed by atoms with Gasteiger partial charge in [0, 0.05) is 18.9 Å². The first-order valence-electron chi connectivity index (χ1n) is 3.65. The zero-order valence-corrected chi connectivity index (χ0v) is 7.48. The van der Waals surface area contributed by atoms with Crippen molar-refractivity contribution in [3.05, 3.63) is 23.8 Å². The van der Waals surface area contributed by atoms with Crippen molar-refractivity contribution in [1.29, 1.82) is 0 Å². The molecule has 0 radical (unpaired) electrons. The lowest BCUT2D eigenvalue weighted by molar-refractivity contribution is 0.0588. The van der Waals surface area contributed by atoms with E-state index >= 15 is 0 Å². The summed E-state index contributed by atoms with van der Waals surface area (Å²) < 4.78 is 9.41. The Bertz CT molecular complexity index is 301. The number of methoxy groups -OCH3 is 2. The quantitative estimate of drug-likeness (QED) is 0.633. The van der Waals surface area contributed by atoms with E-state index in [9.17, 15) is 4.79 Å². The maximum Gasteiger partial charge on any atom is 0.357 e. The molecule has 0 amide bonds. The molecule has 0 saturated heterocycles. The van der Waals surface area contributed by atoms with Gasteiger partial charge in [-0.1, -0.05) is 0 Å². The number of rotatable bonds is 3. The molecule has 1 aromatic rings. The number of nitrogens with zero attached hydrogens (tertiary/aromatic N) is 2. The van der Waals surface area contributed by atoms with E-state index in [1.165, 1.54) is 26.7 Å². The van der Waals surface area contributed by atoms with Gasteiger partial charge in [-0.25, -0.2) is 14.8 Å². The molecule has 0 spiro atoms. The average molecular weight is 182 g/mol. The largest absolute Gasteiger partial charge is 0.464 e. The van der Waals surface area contributed by atoms with Gasteiger partial charge in [-0.3, -0.25) is 0 Å². The first-order valence-corrected chi connectivity index (χ1v) is 3.65. The van der Waals surface area contributed by atoms with Gasteiger partial charge in [0.25, 0.3) is 0 Å². The maximum absolute atomic E-state index is 11.1. The van der Waals surface area contributed by atoms with Crippen molar-refractivity contribution in [3.8, 4) is 0 Å². The van der Waals surface area contributed by atoms with Crippen LogP contribution in [0.25, 0.3) is 0 Å². The van der Waals surface area contributed by atoms with Crippen LogP contribution in [0.2, 0.25) is 0 Å². The molecule has 5 nitrogen and oxygen atoms in total. The summed E-state index contributed by atoms with van der Waals surface area (Å²) in [5.74, 6) is -0.477. The summed E-state index contributed by atoms with van der Waals surface area (Å²) >= 11 is 0. The second-order valence-electron chi connectivity index (χ2n) is 2.32. The molecule has 0 aliphatic heterocycles. The molecule has 1 heterocycles. The zero-order valence-electron chi connectivity index (χ0n) is 7.48. The Balaban J connectivity index is 2.97. The highest BCUT2D eigenvalue weighted by Gasteiger charge is 2.12. The molecule has 5 heteroatoms. The lowest BCUT2D eigenvalue weighted by Gasteiger charge is -2.03. The minimum Gasteiger partial charge on any atom is -0.464 e. The number of aromatic nitrogens is 2. The van der Waals surface area contributed by atoms with E-state index in [0.29, 0.717) is 12.2 Å². The Morgan fingerprint density at radius 1 is 1.54 bits per heavy atom. The van der Waals surface area contributed by atoms with Crippen LogP contribution in [-0.2, 0) is 16.1 Å². The van der Waals surface area contributed by atoms with Crippen molar-refractivity contribution < 1.29 is 14.3 Å². The molecule has 0 saturated carbocycles. The van der Waals surface area contributed by atoms with Gasteiger partial charge in [0.05, 0.1) is 13.7 Å². The van der Waals surface area contributed by atoms with E-state index in [2.05, 4.69) is 14.7 Å². The fourth-order valence-corrected chi connectivity index (χ4v) is 0.900. The highest BCUT2D eigenvalue weighted by molar-refractivity contribution is 5.88. The Morgan fingerprint density at radius 2 is 2.31 bits per heavy atom. The number of hydrogen-bond donors (Lipinski definition) is 0. The molecule has 70 valence electrons. The van der Waals surface area contributed by atoms with Gasteiger partial charge in [0.1, 0.15) is 6.33 Å². The topological polar surface area (TPSA) is 61.3 Å². The lowest BCUT2D eigenvalue weighted by atomic mass is 10.2. The monoisotopic (exact) mass is 182 g/mol. The van der Waals surface area contributed by atoms with Crippen molar-refractivity contribution in [3.63, 3.8) is 0 Å². The molecule has 1 aromatic heterocycles. The SMILES string of the molecule is COCc1cncnc1C(=O)OC. The van der Waals surface area contributed by atoms with Crippen molar-refractivity contribution in [2.24, 2.45) is 0 Å². The highest BCUT2D eigenvalue weighted by Crippen LogP contribution is 2.05. The molecular weight excluding hydrogens is 172 g/mol. The maximum atomic E-state index is 11.1. The molecule has 0 aliphatic rings. The summed E-state index contributed by atoms with van der Waals surface area (Å²) in [5, 5.41) is 0. The van der Waals surface area contributed by atoms with Crippen LogP contribution < -0.4 is 0 Å². The Hall–Kier alpha value is -1.49. The first-order chi connectivity index (χ1) is 6.29. The van der Waals surface area contributed by atoms with E-state index in [1.807, 2.05) is 0 Å². The van der Waals surface area contributed by atoms with Crippen LogP contribution in [0, 0.1) is 0 Å². The summed E-state index contributed by atoms with van der Waals surface area (Å²) in [4.78, 5) is 18.7. The third-order valence-electron chi connectivity index (χ3n) is 1.47. The van der Waals surface area contributed by atoms with Crippen LogP contribution in [0.1, 0.15) is 16.1 Å². The van der Waals surface area contributed by atoms with Crippen LogP contribution in [0.5, 0.6) is 0 Å².